The number of nitrogens with one attached hydrogen (secondary N) is 1. The lowest BCUT2D eigenvalue weighted by Gasteiger charge is -2.34. The molecule has 7 heteroatoms. The minimum Gasteiger partial charge on any atom is -0.486 e. The van der Waals surface area contributed by atoms with Crippen LogP contribution < -0.4 is 15.0 Å². The number of piperidine rings is 1. The molecule has 0 saturated carbocycles. The molecule has 1 saturated heterocycles. The van der Waals surface area contributed by atoms with Gasteiger partial charge in [0, 0.05) is 18.0 Å². The lowest BCUT2D eigenvalue weighted by molar-refractivity contribution is 0.287. The van der Waals surface area contributed by atoms with Crippen molar-refractivity contribution in [2.75, 3.05) is 31.1 Å². The van der Waals surface area contributed by atoms with Gasteiger partial charge in [-0.15, -0.1) is 0 Å². The van der Waals surface area contributed by atoms with E-state index in [9.17, 15) is 4.39 Å². The molecule has 3 aromatic rings. The van der Waals surface area contributed by atoms with Crippen molar-refractivity contribution in [3.63, 3.8) is 0 Å². The van der Waals surface area contributed by atoms with E-state index in [4.69, 9.17) is 4.74 Å². The van der Waals surface area contributed by atoms with Crippen molar-refractivity contribution in [1.29, 1.82) is 0 Å². The molecule has 1 fully saturated rings. The third-order valence-corrected chi connectivity index (χ3v) is 7.74. The number of hydrogen-bond acceptors (Lipinski definition) is 5. The normalized spacial score (nSPS) is 17.4. The van der Waals surface area contributed by atoms with Crippen molar-refractivity contribution in [2.24, 2.45) is 0 Å². The number of nitrogens with zero attached hydrogens (tertiary/aromatic N) is 3. The minimum absolute atomic E-state index is 0.116. The van der Waals surface area contributed by atoms with Gasteiger partial charge in [0.05, 0.1) is 18.4 Å². The number of anilines is 1. The number of fused-ring (bicyclic) bond motifs is 2. The minimum atomic E-state index is -0.564. The van der Waals surface area contributed by atoms with E-state index in [0.717, 1.165) is 19.5 Å². The van der Waals surface area contributed by atoms with E-state index in [1.54, 1.807) is 6.07 Å². The Hall–Kier alpha value is -3.32. The Morgan fingerprint density at radius 1 is 1.11 bits per heavy atom. The number of halogens is 2. The van der Waals surface area contributed by atoms with E-state index in [1.165, 1.54) is 47.4 Å². The van der Waals surface area contributed by atoms with Crippen molar-refractivity contribution >= 4 is 11.8 Å². The van der Waals surface area contributed by atoms with Gasteiger partial charge in [-0.2, -0.15) is 0 Å². The molecule has 3 heterocycles. The lowest BCUT2D eigenvalue weighted by atomic mass is 9.88. The summed E-state index contributed by atoms with van der Waals surface area (Å²) >= 11 is 0. The predicted molar refractivity (Wildman–Crippen MR) is 142 cm³/mol. The van der Waals surface area contributed by atoms with Crippen LogP contribution in [0.15, 0.2) is 42.1 Å². The molecule has 0 spiro atoms. The molecule has 1 aliphatic carbocycles. The smallest absolute Gasteiger partial charge is 0.178 e. The van der Waals surface area contributed by atoms with Gasteiger partial charge in [0.25, 0.3) is 0 Å². The summed E-state index contributed by atoms with van der Waals surface area (Å²) in [6.45, 7) is 7.32. The first-order chi connectivity index (χ1) is 18.0. The summed E-state index contributed by atoms with van der Waals surface area (Å²) in [5.41, 5.74) is 6.33. The Bertz CT molecular complexity index is 1360. The lowest BCUT2D eigenvalue weighted by Crippen LogP contribution is -2.38. The number of rotatable bonds is 5. The van der Waals surface area contributed by atoms with E-state index in [-0.39, 0.29) is 17.5 Å². The Morgan fingerprint density at radius 2 is 1.95 bits per heavy atom. The zero-order chi connectivity index (χ0) is 25.5. The average Bonchev–Trinajstić information content (AvgIpc) is 3.31. The van der Waals surface area contributed by atoms with Gasteiger partial charge in [-0.1, -0.05) is 29.8 Å². The Balaban J connectivity index is 1.24. The van der Waals surface area contributed by atoms with Gasteiger partial charge in [-0.05, 0) is 80.9 Å². The van der Waals surface area contributed by atoms with Gasteiger partial charge >= 0.3 is 0 Å². The van der Waals surface area contributed by atoms with E-state index in [1.807, 2.05) is 13.8 Å². The highest BCUT2D eigenvalue weighted by atomic mass is 19.1. The topological polar surface area (TPSA) is 50.3 Å². The number of allylic oxidation sites excluding steroid dienone is 1. The van der Waals surface area contributed by atoms with Crippen LogP contribution in [0.25, 0.3) is 17.3 Å². The van der Waals surface area contributed by atoms with Crippen molar-refractivity contribution in [3.8, 4) is 17.0 Å². The molecule has 0 amide bonds. The second-order valence-electron chi connectivity index (χ2n) is 10.6. The van der Waals surface area contributed by atoms with Crippen molar-refractivity contribution in [2.45, 2.75) is 51.5 Å². The molecule has 1 aromatic heterocycles. The summed E-state index contributed by atoms with van der Waals surface area (Å²) in [6, 6.07) is 10.1. The Labute approximate surface area is 216 Å². The molecule has 37 heavy (non-hydrogen) atoms. The summed E-state index contributed by atoms with van der Waals surface area (Å²) in [7, 11) is 0. The van der Waals surface area contributed by atoms with Gasteiger partial charge in [0.15, 0.2) is 17.4 Å². The summed E-state index contributed by atoms with van der Waals surface area (Å²) in [5, 5.41) is 3.44. The van der Waals surface area contributed by atoms with Crippen molar-refractivity contribution in [1.82, 2.24) is 15.3 Å². The molecule has 2 aliphatic heterocycles. The fraction of sp³-hybridized carbons (Fsp3) is 0.400. The van der Waals surface area contributed by atoms with Gasteiger partial charge in [0.1, 0.15) is 18.1 Å². The molecule has 6 rings (SSSR count). The standard InChI is InChI=1S/C30H32F2N4O/c1-18(2)36-9-10-37-30-25(31)15-24(16-27(30)36)29-26(32)17-34-28(35-29)13-19-11-21-3-4-22(14-23(21)12-19)20-5-7-33-8-6-20/h3-4,11,14-18,20,33H,5-10,12-13H2,1-2H3. The van der Waals surface area contributed by atoms with Crippen LogP contribution in [0.4, 0.5) is 14.5 Å². The van der Waals surface area contributed by atoms with Crippen LogP contribution in [0.5, 0.6) is 5.75 Å². The van der Waals surface area contributed by atoms with E-state index in [0.29, 0.717) is 42.6 Å². The molecule has 192 valence electrons. The highest BCUT2D eigenvalue weighted by Gasteiger charge is 2.26. The fourth-order valence-electron chi connectivity index (χ4n) is 5.83. The highest BCUT2D eigenvalue weighted by Crippen LogP contribution is 2.39. The van der Waals surface area contributed by atoms with Crippen LogP contribution >= 0.6 is 0 Å². The van der Waals surface area contributed by atoms with Gasteiger partial charge in [0.2, 0.25) is 0 Å². The van der Waals surface area contributed by atoms with E-state index >= 15 is 4.39 Å². The molecule has 0 bridgehead atoms. The molecule has 3 aliphatic rings. The first-order valence-corrected chi connectivity index (χ1v) is 13.2. The molecule has 2 aromatic carbocycles. The van der Waals surface area contributed by atoms with Gasteiger partial charge in [-0.25, -0.2) is 18.7 Å². The van der Waals surface area contributed by atoms with Crippen LogP contribution in [0.2, 0.25) is 0 Å². The van der Waals surface area contributed by atoms with E-state index < -0.39 is 11.6 Å². The fourth-order valence-corrected chi connectivity index (χ4v) is 5.83. The van der Waals surface area contributed by atoms with Crippen LogP contribution in [-0.4, -0.2) is 42.3 Å². The van der Waals surface area contributed by atoms with Gasteiger partial charge < -0.3 is 15.0 Å². The molecular formula is C30H32F2N4O. The third kappa shape index (κ3) is 4.73. The van der Waals surface area contributed by atoms with Crippen LogP contribution in [0.1, 0.15) is 55.1 Å². The third-order valence-electron chi connectivity index (χ3n) is 7.74. The first-order valence-electron chi connectivity index (χ1n) is 13.2. The number of benzene rings is 2. The SMILES string of the molecule is CC(C)N1CCOc2c(F)cc(-c3nc(CC4=Cc5ccc(C6CCNCC6)cc5C4)ncc3F)cc21. The summed E-state index contributed by atoms with van der Waals surface area (Å²) in [6.07, 6.45) is 7.12. The zero-order valence-electron chi connectivity index (χ0n) is 21.4. The van der Waals surface area contributed by atoms with Crippen LogP contribution in [0, 0.1) is 11.6 Å². The molecule has 5 nitrogen and oxygen atoms in total. The molecular weight excluding hydrogens is 470 g/mol. The summed E-state index contributed by atoms with van der Waals surface area (Å²) in [4.78, 5) is 10.9. The second-order valence-corrected chi connectivity index (χ2v) is 10.6. The second kappa shape index (κ2) is 9.86. The largest absolute Gasteiger partial charge is 0.486 e. The molecule has 0 radical (unpaired) electrons. The predicted octanol–water partition coefficient (Wildman–Crippen LogP) is 5.68. The number of aromatic nitrogens is 2. The Morgan fingerprint density at radius 3 is 2.76 bits per heavy atom. The van der Waals surface area contributed by atoms with Crippen molar-refractivity contribution in [3.05, 3.63) is 76.3 Å². The van der Waals surface area contributed by atoms with Crippen LogP contribution in [-0.2, 0) is 12.8 Å². The number of hydrogen-bond donors (Lipinski definition) is 1. The van der Waals surface area contributed by atoms with Crippen molar-refractivity contribution < 1.29 is 13.5 Å². The maximum absolute atomic E-state index is 15.0. The maximum atomic E-state index is 15.0. The molecule has 1 N–H and O–H groups in total. The van der Waals surface area contributed by atoms with E-state index in [2.05, 4.69) is 44.5 Å². The molecule has 0 unspecified atom stereocenters. The summed E-state index contributed by atoms with van der Waals surface area (Å²) in [5.74, 6) is 0.301. The zero-order valence-corrected chi connectivity index (χ0v) is 21.4. The monoisotopic (exact) mass is 502 g/mol. The molecule has 0 atom stereocenters. The number of ether oxygens (including phenoxy) is 1. The first kappa shape index (κ1) is 24.0. The Kier molecular flexibility index (Phi) is 6.41. The quantitative estimate of drug-likeness (QED) is 0.487. The highest BCUT2D eigenvalue weighted by molar-refractivity contribution is 5.72. The summed E-state index contributed by atoms with van der Waals surface area (Å²) < 4.78 is 35.5. The van der Waals surface area contributed by atoms with Crippen LogP contribution in [0.3, 0.4) is 0 Å². The maximum Gasteiger partial charge on any atom is 0.178 e. The van der Waals surface area contributed by atoms with Gasteiger partial charge in [-0.3, -0.25) is 0 Å². The average molecular weight is 503 g/mol.